The Morgan fingerprint density at radius 3 is 2.56 bits per heavy atom. The van der Waals surface area contributed by atoms with Crippen LogP contribution >= 0.6 is 15.9 Å². The molecule has 0 heterocycles. The Morgan fingerprint density at radius 2 is 2.12 bits per heavy atom. The highest BCUT2D eigenvalue weighted by Crippen LogP contribution is 2.23. The molecule has 1 aromatic rings. The van der Waals surface area contributed by atoms with Gasteiger partial charge in [0.1, 0.15) is 0 Å². The molecule has 0 aliphatic heterocycles. The van der Waals surface area contributed by atoms with Gasteiger partial charge in [0.25, 0.3) is 0 Å². The van der Waals surface area contributed by atoms with E-state index in [4.69, 9.17) is 10.8 Å². The van der Waals surface area contributed by atoms with E-state index in [1.165, 1.54) is 18.2 Å². The van der Waals surface area contributed by atoms with E-state index in [1.807, 2.05) is 0 Å². The number of hydrogen-bond acceptors (Lipinski definition) is 3. The number of carboxylic acid groups (broad SMARTS) is 1. The number of aromatic carboxylic acids is 1. The number of nitrogens with one attached hydrogen (secondary N) is 1. The first-order chi connectivity index (χ1) is 7.41. The van der Waals surface area contributed by atoms with Crippen LogP contribution in [0.1, 0.15) is 17.3 Å². The number of carbonyl (C=O) groups excluding carboxylic acids is 1. The highest BCUT2D eigenvalue weighted by Gasteiger charge is 2.11. The molecule has 0 fully saturated rings. The topological polar surface area (TPSA) is 92.4 Å². The van der Waals surface area contributed by atoms with Crippen LogP contribution in [0.4, 0.5) is 5.69 Å². The first kappa shape index (κ1) is 12.7. The second-order valence-electron chi connectivity index (χ2n) is 3.28. The Bertz CT molecular complexity index is 432. The number of anilines is 1. The molecule has 1 rings (SSSR count). The van der Waals surface area contributed by atoms with Crippen LogP contribution < -0.4 is 11.1 Å². The van der Waals surface area contributed by atoms with E-state index in [1.54, 1.807) is 6.92 Å². The molecule has 1 amide bonds. The summed E-state index contributed by atoms with van der Waals surface area (Å²) in [5.74, 6) is -1.35. The minimum absolute atomic E-state index is 0.144. The molecule has 0 aliphatic rings. The van der Waals surface area contributed by atoms with Crippen LogP contribution in [0.2, 0.25) is 0 Å². The van der Waals surface area contributed by atoms with E-state index in [9.17, 15) is 9.59 Å². The molecule has 1 unspecified atom stereocenters. The van der Waals surface area contributed by atoms with Crippen LogP contribution in [0.25, 0.3) is 0 Å². The van der Waals surface area contributed by atoms with Crippen LogP contribution in [0.5, 0.6) is 0 Å². The third-order valence-electron chi connectivity index (χ3n) is 1.89. The lowest BCUT2D eigenvalue weighted by Crippen LogP contribution is -2.32. The van der Waals surface area contributed by atoms with Crippen LogP contribution in [0, 0.1) is 0 Å². The SMILES string of the molecule is CC(N)C(=O)Nc1ccc(C(=O)O)cc1Br. The van der Waals surface area contributed by atoms with E-state index in [2.05, 4.69) is 21.2 Å². The van der Waals surface area contributed by atoms with E-state index >= 15 is 0 Å². The minimum atomic E-state index is -1.02. The van der Waals surface area contributed by atoms with Crippen molar-refractivity contribution in [1.29, 1.82) is 0 Å². The number of carboxylic acids is 1. The lowest BCUT2D eigenvalue weighted by atomic mass is 10.2. The summed E-state index contributed by atoms with van der Waals surface area (Å²) in [5.41, 5.74) is 6.03. The Hall–Kier alpha value is -1.40. The zero-order chi connectivity index (χ0) is 12.3. The number of carbonyl (C=O) groups is 2. The summed E-state index contributed by atoms with van der Waals surface area (Å²) in [5, 5.41) is 11.3. The van der Waals surface area contributed by atoms with E-state index < -0.39 is 12.0 Å². The summed E-state index contributed by atoms with van der Waals surface area (Å²) in [6, 6.07) is 3.71. The van der Waals surface area contributed by atoms with Crippen molar-refractivity contribution in [3.05, 3.63) is 28.2 Å². The van der Waals surface area contributed by atoms with Crippen molar-refractivity contribution in [2.75, 3.05) is 5.32 Å². The summed E-state index contributed by atoms with van der Waals surface area (Å²) in [6.07, 6.45) is 0. The number of hydrogen-bond donors (Lipinski definition) is 3. The van der Waals surface area contributed by atoms with Gasteiger partial charge in [-0.1, -0.05) is 0 Å². The number of benzene rings is 1. The molecular formula is C10H11BrN2O3. The maximum Gasteiger partial charge on any atom is 0.335 e. The number of halogens is 1. The van der Waals surface area contributed by atoms with Crippen LogP contribution in [0.3, 0.4) is 0 Å². The fourth-order valence-corrected chi connectivity index (χ4v) is 1.47. The van der Waals surface area contributed by atoms with Crippen LogP contribution in [0.15, 0.2) is 22.7 Å². The van der Waals surface area contributed by atoms with Gasteiger partial charge in [-0.3, -0.25) is 4.79 Å². The van der Waals surface area contributed by atoms with Gasteiger partial charge in [0.05, 0.1) is 17.3 Å². The highest BCUT2D eigenvalue weighted by atomic mass is 79.9. The minimum Gasteiger partial charge on any atom is -0.478 e. The Labute approximate surface area is 101 Å². The molecule has 0 aliphatic carbocycles. The van der Waals surface area contributed by atoms with Gasteiger partial charge in [0.2, 0.25) is 5.91 Å². The molecular weight excluding hydrogens is 276 g/mol. The van der Waals surface area contributed by atoms with Crippen molar-refractivity contribution in [1.82, 2.24) is 0 Å². The number of nitrogens with two attached hydrogens (primary N) is 1. The summed E-state index contributed by atoms with van der Waals surface area (Å²) in [6.45, 7) is 1.56. The zero-order valence-electron chi connectivity index (χ0n) is 8.53. The molecule has 16 heavy (non-hydrogen) atoms. The van der Waals surface area contributed by atoms with Crippen LogP contribution in [-0.2, 0) is 4.79 Å². The van der Waals surface area contributed by atoms with Gasteiger partial charge in [-0.15, -0.1) is 0 Å². The van der Waals surface area contributed by atoms with Crippen molar-refractivity contribution >= 4 is 33.5 Å². The monoisotopic (exact) mass is 286 g/mol. The third kappa shape index (κ3) is 3.04. The zero-order valence-corrected chi connectivity index (χ0v) is 10.1. The van der Waals surface area contributed by atoms with Crippen LogP contribution in [-0.4, -0.2) is 23.0 Å². The summed E-state index contributed by atoms with van der Waals surface area (Å²) in [7, 11) is 0. The standard InChI is InChI=1S/C10H11BrN2O3/c1-5(12)9(14)13-8-3-2-6(10(15)16)4-7(8)11/h2-5H,12H2,1H3,(H,13,14)(H,15,16). The van der Waals surface area contributed by atoms with E-state index in [0.717, 1.165) is 0 Å². The van der Waals surface area contributed by atoms with Gasteiger partial charge in [0.15, 0.2) is 0 Å². The molecule has 1 atom stereocenters. The largest absolute Gasteiger partial charge is 0.478 e. The highest BCUT2D eigenvalue weighted by molar-refractivity contribution is 9.10. The molecule has 86 valence electrons. The third-order valence-corrected chi connectivity index (χ3v) is 2.54. The fraction of sp³-hybridized carbons (Fsp3) is 0.200. The van der Waals surface area contributed by atoms with Crippen molar-refractivity contribution in [2.24, 2.45) is 5.73 Å². The maximum absolute atomic E-state index is 11.3. The molecule has 0 aromatic heterocycles. The van der Waals surface area contributed by atoms with Gasteiger partial charge in [-0.2, -0.15) is 0 Å². The quantitative estimate of drug-likeness (QED) is 0.784. The second kappa shape index (κ2) is 5.09. The van der Waals surface area contributed by atoms with Crippen molar-refractivity contribution in [3.8, 4) is 0 Å². The average molecular weight is 287 g/mol. The fourth-order valence-electron chi connectivity index (χ4n) is 0.996. The lowest BCUT2D eigenvalue weighted by molar-refractivity contribution is -0.117. The molecule has 4 N–H and O–H groups in total. The molecule has 0 bridgehead atoms. The van der Waals surface area contributed by atoms with Gasteiger partial charge >= 0.3 is 5.97 Å². The van der Waals surface area contributed by atoms with Gasteiger partial charge < -0.3 is 16.2 Å². The Morgan fingerprint density at radius 1 is 1.50 bits per heavy atom. The van der Waals surface area contributed by atoms with Gasteiger partial charge in [0, 0.05) is 4.47 Å². The smallest absolute Gasteiger partial charge is 0.335 e. The van der Waals surface area contributed by atoms with Crippen molar-refractivity contribution < 1.29 is 14.7 Å². The predicted molar refractivity (Wildman–Crippen MR) is 63.4 cm³/mol. The average Bonchev–Trinajstić information content (AvgIpc) is 2.20. The first-order valence-corrected chi connectivity index (χ1v) is 5.30. The maximum atomic E-state index is 11.3. The normalized spacial score (nSPS) is 11.9. The Kier molecular flexibility index (Phi) is 4.03. The second-order valence-corrected chi connectivity index (χ2v) is 4.13. The van der Waals surface area contributed by atoms with E-state index in [0.29, 0.717) is 10.2 Å². The Balaban J connectivity index is 2.91. The molecule has 6 heteroatoms. The molecule has 0 saturated heterocycles. The van der Waals surface area contributed by atoms with Crippen molar-refractivity contribution in [3.63, 3.8) is 0 Å². The summed E-state index contributed by atoms with van der Waals surface area (Å²) < 4.78 is 0.501. The number of rotatable bonds is 3. The summed E-state index contributed by atoms with van der Waals surface area (Å²) >= 11 is 3.17. The number of amides is 1. The molecule has 0 radical (unpaired) electrons. The van der Waals surface area contributed by atoms with Gasteiger partial charge in [-0.25, -0.2) is 4.79 Å². The predicted octanol–water partition coefficient (Wildman–Crippen LogP) is 1.43. The lowest BCUT2D eigenvalue weighted by Gasteiger charge is -2.09. The molecule has 0 saturated carbocycles. The molecule has 5 nitrogen and oxygen atoms in total. The molecule has 1 aromatic carbocycles. The first-order valence-electron chi connectivity index (χ1n) is 4.51. The summed E-state index contributed by atoms with van der Waals surface area (Å²) in [4.78, 5) is 22.0. The van der Waals surface area contributed by atoms with Gasteiger partial charge in [-0.05, 0) is 41.1 Å². The van der Waals surface area contributed by atoms with E-state index in [-0.39, 0.29) is 11.5 Å². The van der Waals surface area contributed by atoms with Crippen molar-refractivity contribution in [2.45, 2.75) is 13.0 Å². The molecule has 0 spiro atoms.